The predicted molar refractivity (Wildman–Crippen MR) is 62.0 cm³/mol. The van der Waals surface area contributed by atoms with Crippen LogP contribution in [0, 0.1) is 5.82 Å². The third-order valence-electron chi connectivity index (χ3n) is 3.60. The number of ether oxygens (including phenoxy) is 2. The SMILES string of the molecule is CC1(c2cc3c(cc2F)OCCO3)CCCN1. The smallest absolute Gasteiger partial charge is 0.164 e. The van der Waals surface area contributed by atoms with Gasteiger partial charge in [0.1, 0.15) is 19.0 Å². The van der Waals surface area contributed by atoms with E-state index in [1.165, 1.54) is 6.07 Å². The Hall–Kier alpha value is -1.29. The first kappa shape index (κ1) is 10.8. The van der Waals surface area contributed by atoms with E-state index >= 15 is 0 Å². The molecule has 17 heavy (non-hydrogen) atoms. The summed E-state index contributed by atoms with van der Waals surface area (Å²) < 4.78 is 25.0. The van der Waals surface area contributed by atoms with Crippen molar-refractivity contribution in [2.24, 2.45) is 0 Å². The third-order valence-corrected chi connectivity index (χ3v) is 3.60. The van der Waals surface area contributed by atoms with E-state index in [0.717, 1.165) is 19.4 Å². The van der Waals surface area contributed by atoms with Crippen molar-refractivity contribution < 1.29 is 13.9 Å². The third kappa shape index (κ3) is 1.76. The molecule has 1 aromatic rings. The second-order valence-corrected chi connectivity index (χ2v) is 4.84. The van der Waals surface area contributed by atoms with Crippen molar-refractivity contribution in [1.29, 1.82) is 0 Å². The highest BCUT2D eigenvalue weighted by Crippen LogP contribution is 2.39. The molecule has 2 aliphatic heterocycles. The fraction of sp³-hybridized carbons (Fsp3) is 0.538. The number of fused-ring (bicyclic) bond motifs is 1. The quantitative estimate of drug-likeness (QED) is 0.812. The molecule has 2 heterocycles. The maximum atomic E-state index is 14.1. The van der Waals surface area contributed by atoms with Crippen LogP contribution in [0.2, 0.25) is 0 Å². The van der Waals surface area contributed by atoms with Gasteiger partial charge in [0.15, 0.2) is 11.5 Å². The summed E-state index contributed by atoms with van der Waals surface area (Å²) in [5.74, 6) is 0.952. The fourth-order valence-electron chi connectivity index (χ4n) is 2.61. The van der Waals surface area contributed by atoms with Gasteiger partial charge in [-0.1, -0.05) is 0 Å². The molecule has 1 saturated heterocycles. The van der Waals surface area contributed by atoms with Crippen LogP contribution < -0.4 is 14.8 Å². The summed E-state index contributed by atoms with van der Waals surface area (Å²) in [5.41, 5.74) is 0.402. The first-order valence-electron chi connectivity index (χ1n) is 6.04. The van der Waals surface area contributed by atoms with Gasteiger partial charge in [-0.25, -0.2) is 4.39 Å². The lowest BCUT2D eigenvalue weighted by molar-refractivity contribution is 0.170. The molecule has 0 aromatic heterocycles. The van der Waals surface area contributed by atoms with Gasteiger partial charge >= 0.3 is 0 Å². The van der Waals surface area contributed by atoms with Gasteiger partial charge in [0, 0.05) is 17.2 Å². The number of halogens is 1. The number of nitrogens with one attached hydrogen (secondary N) is 1. The molecule has 3 nitrogen and oxygen atoms in total. The normalized spacial score (nSPS) is 27.2. The molecular formula is C13H16FNO2. The first-order chi connectivity index (χ1) is 8.19. The molecule has 1 aromatic carbocycles. The van der Waals surface area contributed by atoms with E-state index in [2.05, 4.69) is 5.32 Å². The number of hydrogen-bond donors (Lipinski definition) is 1. The molecule has 1 N–H and O–H groups in total. The summed E-state index contributed by atoms with van der Waals surface area (Å²) in [6, 6.07) is 3.22. The molecule has 1 atom stereocenters. The lowest BCUT2D eigenvalue weighted by atomic mass is 9.90. The second kappa shape index (κ2) is 3.88. The average Bonchev–Trinajstić information content (AvgIpc) is 2.76. The Balaban J connectivity index is 2.04. The molecule has 1 unspecified atom stereocenters. The largest absolute Gasteiger partial charge is 0.486 e. The molecule has 0 radical (unpaired) electrons. The van der Waals surface area contributed by atoms with Gasteiger partial charge in [-0.3, -0.25) is 0 Å². The Morgan fingerprint density at radius 2 is 1.94 bits per heavy atom. The van der Waals surface area contributed by atoms with Crippen molar-refractivity contribution in [2.75, 3.05) is 19.8 Å². The van der Waals surface area contributed by atoms with Gasteiger partial charge in [0.2, 0.25) is 0 Å². The van der Waals surface area contributed by atoms with Crippen LogP contribution in [0.25, 0.3) is 0 Å². The van der Waals surface area contributed by atoms with Crippen LogP contribution >= 0.6 is 0 Å². The molecule has 92 valence electrons. The highest BCUT2D eigenvalue weighted by Gasteiger charge is 2.34. The van der Waals surface area contributed by atoms with Crippen molar-refractivity contribution in [2.45, 2.75) is 25.3 Å². The Bertz CT molecular complexity index is 441. The van der Waals surface area contributed by atoms with Crippen LogP contribution in [0.15, 0.2) is 12.1 Å². The van der Waals surface area contributed by atoms with Gasteiger partial charge in [0.25, 0.3) is 0 Å². The zero-order chi connectivity index (χ0) is 11.9. The summed E-state index contributed by atoms with van der Waals surface area (Å²) in [5, 5.41) is 3.36. The maximum absolute atomic E-state index is 14.1. The Kier molecular flexibility index (Phi) is 2.47. The zero-order valence-electron chi connectivity index (χ0n) is 9.88. The summed E-state index contributed by atoms with van der Waals surface area (Å²) in [7, 11) is 0. The van der Waals surface area contributed by atoms with Crippen LogP contribution in [-0.4, -0.2) is 19.8 Å². The van der Waals surface area contributed by atoms with E-state index in [1.807, 2.05) is 6.92 Å². The van der Waals surface area contributed by atoms with Crippen LogP contribution in [0.3, 0.4) is 0 Å². The second-order valence-electron chi connectivity index (χ2n) is 4.84. The van der Waals surface area contributed by atoms with E-state index in [1.54, 1.807) is 6.07 Å². The number of rotatable bonds is 1. The Morgan fingerprint density at radius 1 is 1.24 bits per heavy atom. The molecule has 0 spiro atoms. The fourth-order valence-corrected chi connectivity index (χ4v) is 2.61. The molecule has 4 heteroatoms. The van der Waals surface area contributed by atoms with E-state index in [0.29, 0.717) is 30.3 Å². The van der Waals surface area contributed by atoms with Crippen LogP contribution in [0.4, 0.5) is 4.39 Å². The molecule has 0 amide bonds. The highest BCUT2D eigenvalue weighted by molar-refractivity contribution is 5.46. The highest BCUT2D eigenvalue weighted by atomic mass is 19.1. The molecule has 1 fully saturated rings. The molecular weight excluding hydrogens is 221 g/mol. The summed E-state index contributed by atoms with van der Waals surface area (Å²) >= 11 is 0. The Morgan fingerprint density at radius 3 is 2.59 bits per heavy atom. The van der Waals surface area contributed by atoms with E-state index in [9.17, 15) is 4.39 Å². The number of benzene rings is 1. The van der Waals surface area contributed by atoms with Crippen molar-refractivity contribution in [1.82, 2.24) is 5.32 Å². The topological polar surface area (TPSA) is 30.5 Å². The molecule has 0 bridgehead atoms. The van der Waals surface area contributed by atoms with E-state index in [-0.39, 0.29) is 11.4 Å². The van der Waals surface area contributed by atoms with Gasteiger partial charge in [-0.05, 0) is 32.4 Å². The first-order valence-corrected chi connectivity index (χ1v) is 6.04. The summed E-state index contributed by atoms with van der Waals surface area (Å²) in [6.45, 7) is 3.99. The van der Waals surface area contributed by atoms with Crippen LogP contribution in [0.1, 0.15) is 25.3 Å². The van der Waals surface area contributed by atoms with Crippen LogP contribution in [-0.2, 0) is 5.54 Å². The van der Waals surface area contributed by atoms with Crippen molar-refractivity contribution in [3.8, 4) is 11.5 Å². The minimum absolute atomic E-state index is 0.217. The van der Waals surface area contributed by atoms with Gasteiger partial charge in [-0.2, -0.15) is 0 Å². The molecule has 3 rings (SSSR count). The summed E-state index contributed by atoms with van der Waals surface area (Å²) in [4.78, 5) is 0. The molecule has 0 saturated carbocycles. The van der Waals surface area contributed by atoms with Crippen molar-refractivity contribution in [3.05, 3.63) is 23.5 Å². The monoisotopic (exact) mass is 237 g/mol. The van der Waals surface area contributed by atoms with E-state index < -0.39 is 0 Å². The molecule has 2 aliphatic rings. The minimum Gasteiger partial charge on any atom is -0.486 e. The van der Waals surface area contributed by atoms with Crippen molar-refractivity contribution >= 4 is 0 Å². The zero-order valence-corrected chi connectivity index (χ0v) is 9.88. The van der Waals surface area contributed by atoms with Gasteiger partial charge < -0.3 is 14.8 Å². The lowest BCUT2D eigenvalue weighted by Crippen LogP contribution is -2.34. The lowest BCUT2D eigenvalue weighted by Gasteiger charge is -2.28. The van der Waals surface area contributed by atoms with Crippen LogP contribution in [0.5, 0.6) is 11.5 Å². The van der Waals surface area contributed by atoms with Gasteiger partial charge in [0.05, 0.1) is 0 Å². The Labute approximate surface area is 99.9 Å². The van der Waals surface area contributed by atoms with Gasteiger partial charge in [-0.15, -0.1) is 0 Å². The summed E-state index contributed by atoms with van der Waals surface area (Å²) in [6.07, 6.45) is 2.02. The minimum atomic E-state index is -0.278. The maximum Gasteiger partial charge on any atom is 0.164 e. The van der Waals surface area contributed by atoms with Crippen molar-refractivity contribution in [3.63, 3.8) is 0 Å². The molecule has 0 aliphatic carbocycles. The standard InChI is InChI=1S/C13H16FNO2/c1-13(3-2-4-15-13)9-7-11-12(8-10(9)14)17-6-5-16-11/h7-8,15H,2-6H2,1H3. The average molecular weight is 237 g/mol. The predicted octanol–water partition coefficient (Wildman–Crippen LogP) is 2.20. The number of hydrogen-bond acceptors (Lipinski definition) is 3. The van der Waals surface area contributed by atoms with E-state index in [4.69, 9.17) is 9.47 Å².